The predicted molar refractivity (Wildman–Crippen MR) is 45.1 cm³/mol. The van der Waals surface area contributed by atoms with Crippen molar-refractivity contribution in [3.05, 3.63) is 0 Å². The molecule has 0 aliphatic rings. The zero-order valence-electron chi connectivity index (χ0n) is 7.54. The minimum absolute atomic E-state index is 0.142. The number of hydrogen-bond donors (Lipinski definition) is 3. The molecule has 0 bridgehead atoms. The van der Waals surface area contributed by atoms with Gasteiger partial charge in [-0.05, 0) is 12.8 Å². The minimum atomic E-state index is -0.807. The second-order valence-corrected chi connectivity index (χ2v) is 3.61. The van der Waals surface area contributed by atoms with E-state index >= 15 is 0 Å². The molecule has 0 aliphatic carbocycles. The van der Waals surface area contributed by atoms with Gasteiger partial charge in [-0.25, -0.2) is 0 Å². The third-order valence-corrected chi connectivity index (χ3v) is 2.16. The van der Waals surface area contributed by atoms with Crippen LogP contribution >= 0.6 is 0 Å². The number of nitrogens with two attached hydrogens (primary N) is 1. The third kappa shape index (κ3) is 3.70. The minimum Gasteiger partial charge on any atom is -0.392 e. The largest absolute Gasteiger partial charge is 0.392 e. The molecule has 0 aromatic heterocycles. The van der Waals surface area contributed by atoms with Crippen LogP contribution in [0.4, 0.5) is 0 Å². The fraction of sp³-hybridized carbons (Fsp3) is 1.00. The van der Waals surface area contributed by atoms with Crippen LogP contribution in [0, 0.1) is 5.92 Å². The average molecular weight is 161 g/mol. The Morgan fingerprint density at radius 3 is 2.18 bits per heavy atom. The molecule has 0 amide bonds. The monoisotopic (exact) mass is 161 g/mol. The van der Waals surface area contributed by atoms with Crippen LogP contribution in [0.25, 0.3) is 0 Å². The third-order valence-electron chi connectivity index (χ3n) is 2.16. The van der Waals surface area contributed by atoms with Gasteiger partial charge in [0.15, 0.2) is 0 Å². The highest BCUT2D eigenvalue weighted by Crippen LogP contribution is 2.21. The SMILES string of the molecule is CC(C)C(C)(O)CC(O)CN. The van der Waals surface area contributed by atoms with Gasteiger partial charge in [0.1, 0.15) is 0 Å². The molecule has 3 nitrogen and oxygen atoms in total. The lowest BCUT2D eigenvalue weighted by atomic mass is 9.87. The Bertz CT molecular complexity index is 113. The quantitative estimate of drug-likeness (QED) is 0.548. The summed E-state index contributed by atoms with van der Waals surface area (Å²) in [5.74, 6) is 0.142. The fourth-order valence-electron chi connectivity index (χ4n) is 0.796. The van der Waals surface area contributed by atoms with Crippen molar-refractivity contribution in [2.45, 2.75) is 38.9 Å². The van der Waals surface area contributed by atoms with Crippen molar-refractivity contribution in [1.29, 1.82) is 0 Å². The Hall–Kier alpha value is -0.120. The first-order valence-electron chi connectivity index (χ1n) is 4.00. The molecule has 0 heterocycles. The normalized spacial score (nSPS) is 19.9. The summed E-state index contributed by atoms with van der Waals surface area (Å²) in [6.45, 7) is 5.77. The second kappa shape index (κ2) is 4.04. The average Bonchev–Trinajstić information content (AvgIpc) is 1.86. The fourth-order valence-corrected chi connectivity index (χ4v) is 0.796. The highest BCUT2D eigenvalue weighted by molar-refractivity contribution is 4.79. The molecule has 68 valence electrons. The first-order valence-corrected chi connectivity index (χ1v) is 4.00. The summed E-state index contributed by atoms with van der Waals surface area (Å²) in [6.07, 6.45) is -0.242. The Labute approximate surface area is 68.2 Å². The summed E-state index contributed by atoms with van der Waals surface area (Å²) in [7, 11) is 0. The molecule has 2 unspecified atom stereocenters. The van der Waals surface area contributed by atoms with Gasteiger partial charge < -0.3 is 15.9 Å². The molecule has 0 aliphatic heterocycles. The number of rotatable bonds is 4. The molecule has 0 aromatic rings. The first kappa shape index (κ1) is 10.9. The lowest BCUT2D eigenvalue weighted by Crippen LogP contribution is -2.37. The van der Waals surface area contributed by atoms with Crippen molar-refractivity contribution in [1.82, 2.24) is 0 Å². The Morgan fingerprint density at radius 1 is 1.45 bits per heavy atom. The first-order chi connectivity index (χ1) is 4.90. The maximum Gasteiger partial charge on any atom is 0.0689 e. The lowest BCUT2D eigenvalue weighted by molar-refractivity contribution is -0.0286. The van der Waals surface area contributed by atoms with Crippen molar-refractivity contribution in [2.75, 3.05) is 6.54 Å². The van der Waals surface area contributed by atoms with Crippen LogP contribution in [0.2, 0.25) is 0 Å². The number of aliphatic hydroxyl groups is 2. The van der Waals surface area contributed by atoms with Crippen LogP contribution in [0.3, 0.4) is 0 Å². The van der Waals surface area contributed by atoms with Gasteiger partial charge in [-0.1, -0.05) is 13.8 Å². The van der Waals surface area contributed by atoms with Gasteiger partial charge in [-0.15, -0.1) is 0 Å². The predicted octanol–water partition coefficient (Wildman–Crippen LogP) is 0.103. The summed E-state index contributed by atoms with van der Waals surface area (Å²) in [6, 6.07) is 0. The molecule has 0 saturated heterocycles. The summed E-state index contributed by atoms with van der Waals surface area (Å²) >= 11 is 0. The topological polar surface area (TPSA) is 66.5 Å². The Morgan fingerprint density at radius 2 is 1.91 bits per heavy atom. The molecule has 0 saturated carbocycles. The van der Waals surface area contributed by atoms with E-state index in [1.54, 1.807) is 6.92 Å². The van der Waals surface area contributed by atoms with E-state index < -0.39 is 11.7 Å². The van der Waals surface area contributed by atoms with Gasteiger partial charge in [0.2, 0.25) is 0 Å². The van der Waals surface area contributed by atoms with Crippen molar-refractivity contribution < 1.29 is 10.2 Å². The van der Waals surface area contributed by atoms with Gasteiger partial charge in [0.05, 0.1) is 11.7 Å². The molecular formula is C8H19NO2. The maximum atomic E-state index is 9.68. The van der Waals surface area contributed by atoms with Crippen molar-refractivity contribution in [3.8, 4) is 0 Å². The van der Waals surface area contributed by atoms with E-state index in [1.807, 2.05) is 13.8 Å². The summed E-state index contributed by atoms with van der Waals surface area (Å²) in [4.78, 5) is 0. The van der Waals surface area contributed by atoms with E-state index in [4.69, 9.17) is 10.8 Å². The molecule has 4 N–H and O–H groups in total. The van der Waals surface area contributed by atoms with Crippen LogP contribution < -0.4 is 5.73 Å². The van der Waals surface area contributed by atoms with Crippen LogP contribution in [0.15, 0.2) is 0 Å². The number of hydrogen-bond acceptors (Lipinski definition) is 3. The molecular weight excluding hydrogens is 142 g/mol. The molecule has 3 heteroatoms. The summed E-state index contributed by atoms with van der Waals surface area (Å²) in [5.41, 5.74) is 4.41. The summed E-state index contributed by atoms with van der Waals surface area (Å²) in [5, 5.41) is 18.8. The van der Waals surface area contributed by atoms with Gasteiger partial charge >= 0.3 is 0 Å². The summed E-state index contributed by atoms with van der Waals surface area (Å²) < 4.78 is 0. The Balaban J connectivity index is 3.90. The van der Waals surface area contributed by atoms with Crippen LogP contribution in [-0.2, 0) is 0 Å². The van der Waals surface area contributed by atoms with Gasteiger partial charge in [-0.2, -0.15) is 0 Å². The van der Waals surface area contributed by atoms with Crippen molar-refractivity contribution in [2.24, 2.45) is 11.7 Å². The highest BCUT2D eigenvalue weighted by Gasteiger charge is 2.27. The van der Waals surface area contributed by atoms with Crippen LogP contribution in [0.1, 0.15) is 27.2 Å². The van der Waals surface area contributed by atoms with E-state index in [0.29, 0.717) is 6.42 Å². The highest BCUT2D eigenvalue weighted by atomic mass is 16.3. The molecule has 2 atom stereocenters. The lowest BCUT2D eigenvalue weighted by Gasteiger charge is -2.29. The van der Waals surface area contributed by atoms with Gasteiger partial charge in [-0.3, -0.25) is 0 Å². The number of aliphatic hydroxyl groups excluding tert-OH is 1. The molecule has 0 radical (unpaired) electrons. The molecule has 0 rings (SSSR count). The smallest absolute Gasteiger partial charge is 0.0689 e. The van der Waals surface area contributed by atoms with Crippen molar-refractivity contribution >= 4 is 0 Å². The van der Waals surface area contributed by atoms with E-state index in [-0.39, 0.29) is 12.5 Å². The Kier molecular flexibility index (Phi) is 4.00. The maximum absolute atomic E-state index is 9.68. The van der Waals surface area contributed by atoms with Gasteiger partial charge in [0.25, 0.3) is 0 Å². The zero-order valence-corrected chi connectivity index (χ0v) is 7.54. The zero-order chi connectivity index (χ0) is 9.07. The van der Waals surface area contributed by atoms with Crippen molar-refractivity contribution in [3.63, 3.8) is 0 Å². The van der Waals surface area contributed by atoms with Gasteiger partial charge in [0, 0.05) is 13.0 Å². The van der Waals surface area contributed by atoms with Crippen LogP contribution in [-0.4, -0.2) is 28.5 Å². The molecule has 0 spiro atoms. The van der Waals surface area contributed by atoms with E-state index in [0.717, 1.165) is 0 Å². The van der Waals surface area contributed by atoms with E-state index in [9.17, 15) is 5.11 Å². The standard InChI is InChI=1S/C8H19NO2/c1-6(2)8(3,11)4-7(10)5-9/h6-7,10-11H,4-5,9H2,1-3H3. The molecule has 0 fully saturated rings. The molecule has 0 aromatic carbocycles. The second-order valence-electron chi connectivity index (χ2n) is 3.61. The van der Waals surface area contributed by atoms with Crippen LogP contribution in [0.5, 0.6) is 0 Å². The molecule has 11 heavy (non-hydrogen) atoms. The van der Waals surface area contributed by atoms with E-state index in [1.165, 1.54) is 0 Å². The van der Waals surface area contributed by atoms with E-state index in [2.05, 4.69) is 0 Å².